The SMILES string of the molecule is Cc1nc(C(C)Cl)cn1Cl. The van der Waals surface area contributed by atoms with Gasteiger partial charge in [-0.05, 0) is 13.8 Å². The maximum absolute atomic E-state index is 5.75. The normalized spacial score (nSPS) is 13.6. The molecule has 0 saturated carbocycles. The number of rotatable bonds is 1. The van der Waals surface area contributed by atoms with E-state index >= 15 is 0 Å². The molecule has 0 aliphatic rings. The fourth-order valence-electron chi connectivity index (χ4n) is 0.665. The highest BCUT2D eigenvalue weighted by Gasteiger charge is 2.06. The summed E-state index contributed by atoms with van der Waals surface area (Å²) in [6, 6.07) is 0. The van der Waals surface area contributed by atoms with Crippen molar-refractivity contribution in [2.24, 2.45) is 0 Å². The number of hydrogen-bond donors (Lipinski definition) is 0. The third-order valence-electron chi connectivity index (χ3n) is 1.25. The molecule has 4 heteroatoms. The first-order valence-corrected chi connectivity index (χ1v) is 3.75. The van der Waals surface area contributed by atoms with Crippen LogP contribution >= 0.6 is 23.4 Å². The Morgan fingerprint density at radius 2 is 2.30 bits per heavy atom. The summed E-state index contributed by atoms with van der Waals surface area (Å²) in [4.78, 5) is 4.11. The predicted molar refractivity (Wildman–Crippen MR) is 42.5 cm³/mol. The molecule has 1 unspecified atom stereocenters. The molecule has 0 radical (unpaired) electrons. The lowest BCUT2D eigenvalue weighted by molar-refractivity contribution is 1.000. The van der Waals surface area contributed by atoms with E-state index < -0.39 is 0 Å². The van der Waals surface area contributed by atoms with Crippen LogP contribution in [0.4, 0.5) is 0 Å². The highest BCUT2D eigenvalue weighted by Crippen LogP contribution is 2.18. The maximum atomic E-state index is 5.75. The highest BCUT2D eigenvalue weighted by atomic mass is 35.5. The molecule has 0 spiro atoms. The molecule has 0 N–H and O–H groups in total. The first-order valence-electron chi connectivity index (χ1n) is 2.97. The van der Waals surface area contributed by atoms with Gasteiger partial charge in [-0.1, -0.05) is 0 Å². The van der Waals surface area contributed by atoms with Gasteiger partial charge in [0.05, 0.1) is 11.1 Å². The third-order valence-corrected chi connectivity index (χ3v) is 1.82. The highest BCUT2D eigenvalue weighted by molar-refractivity contribution is 6.20. The lowest BCUT2D eigenvalue weighted by Gasteiger charge is -1.92. The fourth-order valence-corrected chi connectivity index (χ4v) is 0.908. The second-order valence-electron chi connectivity index (χ2n) is 2.14. The van der Waals surface area contributed by atoms with Crippen LogP contribution in [0.5, 0.6) is 0 Å². The first kappa shape index (κ1) is 7.89. The summed E-state index contributed by atoms with van der Waals surface area (Å²) in [7, 11) is 0. The van der Waals surface area contributed by atoms with Crippen molar-refractivity contribution in [3.8, 4) is 0 Å². The third kappa shape index (κ3) is 1.44. The quantitative estimate of drug-likeness (QED) is 0.605. The van der Waals surface area contributed by atoms with Gasteiger partial charge >= 0.3 is 0 Å². The van der Waals surface area contributed by atoms with Crippen LogP contribution in [0.3, 0.4) is 0 Å². The van der Waals surface area contributed by atoms with Crippen LogP contribution < -0.4 is 0 Å². The van der Waals surface area contributed by atoms with Gasteiger partial charge in [0, 0.05) is 18.0 Å². The monoisotopic (exact) mass is 178 g/mol. The predicted octanol–water partition coefficient (Wildman–Crippen LogP) is 2.49. The Morgan fingerprint density at radius 3 is 2.50 bits per heavy atom. The van der Waals surface area contributed by atoms with Gasteiger partial charge in [-0.25, -0.2) is 9.07 Å². The van der Waals surface area contributed by atoms with Crippen molar-refractivity contribution in [3.05, 3.63) is 17.7 Å². The zero-order valence-electron chi connectivity index (χ0n) is 5.81. The summed E-state index contributed by atoms with van der Waals surface area (Å²) in [5.74, 6) is 0.768. The summed E-state index contributed by atoms with van der Waals surface area (Å²) >= 11 is 11.4. The molecule has 0 bridgehead atoms. The van der Waals surface area contributed by atoms with E-state index in [1.807, 2.05) is 13.8 Å². The number of alkyl halides is 1. The molecule has 0 aliphatic heterocycles. The standard InChI is InChI=1S/C6H8Cl2N2/c1-4(7)6-3-10(8)5(2)9-6/h3-4H,1-2H3. The van der Waals surface area contributed by atoms with E-state index in [1.54, 1.807) is 6.20 Å². The molecule has 0 aliphatic carbocycles. The molecule has 1 atom stereocenters. The number of aryl methyl sites for hydroxylation is 1. The zero-order chi connectivity index (χ0) is 7.72. The van der Waals surface area contributed by atoms with E-state index in [0.717, 1.165) is 11.5 Å². The largest absolute Gasteiger partial charge is 0.246 e. The van der Waals surface area contributed by atoms with Crippen molar-refractivity contribution in [3.63, 3.8) is 0 Å². The van der Waals surface area contributed by atoms with Crippen LogP contribution in [0.1, 0.15) is 23.8 Å². The Bertz CT molecular complexity index is 210. The smallest absolute Gasteiger partial charge is 0.120 e. The Labute approximate surface area is 69.9 Å². The Balaban J connectivity index is 2.98. The van der Waals surface area contributed by atoms with Crippen molar-refractivity contribution in [1.82, 2.24) is 9.07 Å². The average Bonchev–Trinajstić information content (AvgIpc) is 2.13. The topological polar surface area (TPSA) is 17.8 Å². The van der Waals surface area contributed by atoms with Crippen LogP contribution in [-0.4, -0.2) is 9.07 Å². The maximum Gasteiger partial charge on any atom is 0.120 e. The van der Waals surface area contributed by atoms with Gasteiger partial charge < -0.3 is 0 Å². The molecule has 2 nitrogen and oxygen atoms in total. The molecule has 1 aromatic rings. The van der Waals surface area contributed by atoms with E-state index in [1.165, 1.54) is 4.09 Å². The van der Waals surface area contributed by atoms with Crippen LogP contribution in [0.15, 0.2) is 6.20 Å². The first-order chi connectivity index (χ1) is 4.61. The van der Waals surface area contributed by atoms with Gasteiger partial charge in [0.15, 0.2) is 0 Å². The second kappa shape index (κ2) is 2.81. The van der Waals surface area contributed by atoms with Gasteiger partial charge in [-0.2, -0.15) is 0 Å². The van der Waals surface area contributed by atoms with Crippen molar-refractivity contribution < 1.29 is 0 Å². The average molecular weight is 179 g/mol. The molecule has 0 amide bonds. The van der Waals surface area contributed by atoms with Gasteiger partial charge in [-0.15, -0.1) is 11.6 Å². The fraction of sp³-hybridized carbons (Fsp3) is 0.500. The van der Waals surface area contributed by atoms with E-state index in [2.05, 4.69) is 4.98 Å². The summed E-state index contributed by atoms with van der Waals surface area (Å²) < 4.78 is 1.44. The summed E-state index contributed by atoms with van der Waals surface area (Å²) in [6.07, 6.45) is 1.72. The van der Waals surface area contributed by atoms with Gasteiger partial charge in [0.1, 0.15) is 5.82 Å². The Hall–Kier alpha value is -0.210. The Morgan fingerprint density at radius 1 is 1.70 bits per heavy atom. The van der Waals surface area contributed by atoms with Crippen molar-refractivity contribution in [2.75, 3.05) is 0 Å². The van der Waals surface area contributed by atoms with Crippen LogP contribution in [0.25, 0.3) is 0 Å². The molecule has 1 heterocycles. The lowest BCUT2D eigenvalue weighted by atomic mass is 10.4. The minimum absolute atomic E-state index is 0.0706. The van der Waals surface area contributed by atoms with Crippen molar-refractivity contribution in [2.45, 2.75) is 19.2 Å². The minimum atomic E-state index is -0.0706. The van der Waals surface area contributed by atoms with Gasteiger partial charge in [0.2, 0.25) is 0 Å². The molecule has 0 aromatic carbocycles. The van der Waals surface area contributed by atoms with Crippen LogP contribution in [0, 0.1) is 6.92 Å². The number of hydrogen-bond acceptors (Lipinski definition) is 1. The molecule has 10 heavy (non-hydrogen) atoms. The summed E-state index contributed by atoms with van der Waals surface area (Å²) in [6.45, 7) is 3.69. The molecule has 1 rings (SSSR count). The van der Waals surface area contributed by atoms with Crippen LogP contribution in [0.2, 0.25) is 0 Å². The van der Waals surface area contributed by atoms with Gasteiger partial charge in [-0.3, -0.25) is 0 Å². The summed E-state index contributed by atoms with van der Waals surface area (Å²) in [5.41, 5.74) is 0.814. The minimum Gasteiger partial charge on any atom is -0.246 e. The van der Waals surface area contributed by atoms with Crippen molar-refractivity contribution >= 4 is 23.4 Å². The number of halogens is 2. The van der Waals surface area contributed by atoms with Crippen LogP contribution in [-0.2, 0) is 0 Å². The number of nitrogens with zero attached hydrogens (tertiary/aromatic N) is 2. The van der Waals surface area contributed by atoms with E-state index in [-0.39, 0.29) is 5.38 Å². The molecular weight excluding hydrogens is 171 g/mol. The van der Waals surface area contributed by atoms with Crippen molar-refractivity contribution in [1.29, 1.82) is 0 Å². The van der Waals surface area contributed by atoms with E-state index in [4.69, 9.17) is 23.4 Å². The second-order valence-corrected chi connectivity index (χ2v) is 3.16. The molecular formula is C6H8Cl2N2. The summed E-state index contributed by atoms with van der Waals surface area (Å²) in [5, 5.41) is -0.0706. The molecule has 1 aromatic heterocycles. The van der Waals surface area contributed by atoms with Gasteiger partial charge in [0.25, 0.3) is 0 Å². The number of aromatic nitrogens is 2. The molecule has 0 fully saturated rings. The molecule has 0 saturated heterocycles. The Kier molecular flexibility index (Phi) is 2.21. The van der Waals surface area contributed by atoms with E-state index in [0.29, 0.717) is 0 Å². The van der Waals surface area contributed by atoms with E-state index in [9.17, 15) is 0 Å². The molecule has 56 valence electrons. The lowest BCUT2D eigenvalue weighted by Crippen LogP contribution is -1.82. The zero-order valence-corrected chi connectivity index (χ0v) is 7.32. The number of imidazole rings is 1.